The zero-order chi connectivity index (χ0) is 14.6. The van der Waals surface area contributed by atoms with Gasteiger partial charge in [0, 0.05) is 0 Å². The molecule has 0 radical (unpaired) electrons. The first-order valence-corrected chi connectivity index (χ1v) is 7.24. The fourth-order valence-electron chi connectivity index (χ4n) is 4.83. The second kappa shape index (κ2) is 3.97. The predicted octanol–water partition coefficient (Wildman–Crippen LogP) is 2.79. The van der Waals surface area contributed by atoms with Crippen LogP contribution < -0.4 is 0 Å². The van der Waals surface area contributed by atoms with E-state index >= 15 is 0 Å². The Morgan fingerprint density at radius 1 is 0.810 bits per heavy atom. The first kappa shape index (κ1) is 12.2. The molecule has 0 aliphatic heterocycles. The zero-order valence-corrected chi connectivity index (χ0v) is 11.3. The molecule has 4 aliphatic carbocycles. The van der Waals surface area contributed by atoms with Crippen LogP contribution in [0.5, 0.6) is 0 Å². The molecule has 6 atom stereocenters. The Balaban J connectivity index is 1.84. The van der Waals surface area contributed by atoms with Crippen molar-refractivity contribution in [1.82, 2.24) is 0 Å². The van der Waals surface area contributed by atoms with Crippen LogP contribution in [-0.4, -0.2) is 0 Å². The molecule has 2 saturated carbocycles. The second-order valence-electron chi connectivity index (χ2n) is 6.25. The van der Waals surface area contributed by atoms with Gasteiger partial charge in [0.1, 0.15) is 0 Å². The third-order valence-electron chi connectivity index (χ3n) is 5.67. The average molecular weight is 271 g/mol. The van der Waals surface area contributed by atoms with Crippen molar-refractivity contribution in [2.24, 2.45) is 35.5 Å². The monoisotopic (exact) mass is 271 g/mol. The summed E-state index contributed by atoms with van der Waals surface area (Å²) in [6.07, 6.45) is 4.16. The molecule has 1 aromatic carbocycles. The quantitative estimate of drug-likeness (QED) is 0.737. The Morgan fingerprint density at radius 2 is 1.33 bits per heavy atom. The minimum atomic E-state index is -0.513. The Kier molecular flexibility index (Phi) is 2.30. The highest BCUT2D eigenvalue weighted by Crippen LogP contribution is 2.73. The minimum Gasteiger partial charge on any atom is -0.198 e. The summed E-state index contributed by atoms with van der Waals surface area (Å²) in [5.41, 5.74) is 0.525. The lowest BCUT2D eigenvalue weighted by atomic mass is 9.63. The third kappa shape index (κ3) is 1.26. The molecule has 21 heavy (non-hydrogen) atoms. The van der Waals surface area contributed by atoms with Crippen LogP contribution in [0.3, 0.4) is 0 Å². The molecule has 6 unspecified atom stereocenters. The van der Waals surface area contributed by atoms with Gasteiger partial charge in [0.25, 0.3) is 0 Å². The van der Waals surface area contributed by atoms with Gasteiger partial charge in [0.2, 0.25) is 0 Å². The number of nitrogens with zero attached hydrogens (tertiary/aromatic N) is 3. The van der Waals surface area contributed by atoms with Crippen molar-refractivity contribution in [3.05, 3.63) is 48.0 Å². The maximum absolute atomic E-state index is 9.88. The summed E-state index contributed by atoms with van der Waals surface area (Å²) in [4.78, 5) is 0. The second-order valence-corrected chi connectivity index (χ2v) is 6.25. The van der Waals surface area contributed by atoms with E-state index in [2.05, 4.69) is 30.4 Å². The SMILES string of the molecule is N#CC1C(C#N)C2C=CC1C1C2C1(C#N)c1ccccc1. The number of hydrogen-bond donors (Lipinski definition) is 0. The van der Waals surface area contributed by atoms with Gasteiger partial charge < -0.3 is 0 Å². The molecule has 3 heteroatoms. The molecule has 0 aromatic heterocycles. The molecule has 4 aliphatic rings. The number of benzene rings is 1. The Morgan fingerprint density at radius 3 is 1.76 bits per heavy atom. The first-order valence-electron chi connectivity index (χ1n) is 7.24. The summed E-state index contributed by atoms with van der Waals surface area (Å²) < 4.78 is 0. The summed E-state index contributed by atoms with van der Waals surface area (Å²) in [6.45, 7) is 0. The van der Waals surface area contributed by atoms with Crippen LogP contribution in [-0.2, 0) is 5.41 Å². The molecule has 3 nitrogen and oxygen atoms in total. The molecule has 5 rings (SSSR count). The van der Waals surface area contributed by atoms with Gasteiger partial charge in [-0.25, -0.2) is 0 Å². The normalized spacial score (nSPS) is 45.0. The van der Waals surface area contributed by atoms with Crippen LogP contribution in [0.25, 0.3) is 0 Å². The Hall–Kier alpha value is -2.57. The molecule has 0 saturated heterocycles. The maximum Gasteiger partial charge on any atom is 0.0897 e. The topological polar surface area (TPSA) is 71.4 Å². The van der Waals surface area contributed by atoms with Gasteiger partial charge in [-0.15, -0.1) is 0 Å². The standard InChI is InChI=1S/C18H13N3/c19-8-14-12-6-7-13(15(14)9-20)17-16(12)18(17,10-21)11-4-2-1-3-5-11/h1-7,12-17H. The summed E-state index contributed by atoms with van der Waals surface area (Å²) in [7, 11) is 0. The molecule has 0 amide bonds. The largest absolute Gasteiger partial charge is 0.198 e. The van der Waals surface area contributed by atoms with Gasteiger partial charge in [-0.3, -0.25) is 0 Å². The van der Waals surface area contributed by atoms with E-state index in [0.29, 0.717) is 0 Å². The number of nitriles is 3. The molecule has 100 valence electrons. The van der Waals surface area contributed by atoms with E-state index in [1.807, 2.05) is 30.3 Å². The van der Waals surface area contributed by atoms with Crippen molar-refractivity contribution in [1.29, 1.82) is 15.8 Å². The van der Waals surface area contributed by atoms with Crippen molar-refractivity contribution in [3.63, 3.8) is 0 Å². The highest BCUT2D eigenvalue weighted by Gasteiger charge is 2.76. The molecular weight excluding hydrogens is 258 g/mol. The van der Waals surface area contributed by atoms with E-state index < -0.39 is 5.41 Å². The lowest BCUT2D eigenvalue weighted by Crippen LogP contribution is -2.37. The van der Waals surface area contributed by atoms with Gasteiger partial charge in [-0.2, -0.15) is 15.8 Å². The van der Waals surface area contributed by atoms with Crippen molar-refractivity contribution in [3.8, 4) is 18.2 Å². The molecular formula is C18H13N3. The Labute approximate surface area is 123 Å². The highest BCUT2D eigenvalue weighted by molar-refractivity contribution is 5.50. The number of hydrogen-bond acceptors (Lipinski definition) is 3. The molecule has 0 spiro atoms. The number of rotatable bonds is 1. The zero-order valence-electron chi connectivity index (χ0n) is 11.3. The van der Waals surface area contributed by atoms with E-state index in [9.17, 15) is 15.8 Å². The third-order valence-corrected chi connectivity index (χ3v) is 5.67. The molecule has 0 heterocycles. The maximum atomic E-state index is 9.88. The first-order chi connectivity index (χ1) is 10.3. The van der Waals surface area contributed by atoms with Crippen molar-refractivity contribution in [2.45, 2.75) is 5.41 Å². The van der Waals surface area contributed by atoms with Crippen molar-refractivity contribution in [2.75, 3.05) is 0 Å². The summed E-state index contributed by atoms with van der Waals surface area (Å²) in [5, 5.41) is 28.8. The van der Waals surface area contributed by atoms with Crippen LogP contribution in [0.1, 0.15) is 5.56 Å². The summed E-state index contributed by atoms with van der Waals surface area (Å²) in [5.74, 6) is -0.0947. The minimum absolute atomic E-state index is 0.0366. The van der Waals surface area contributed by atoms with E-state index in [0.717, 1.165) is 5.56 Å². The fourth-order valence-corrected chi connectivity index (χ4v) is 4.83. The molecule has 1 aromatic rings. The number of allylic oxidation sites excluding steroid dienone is 2. The van der Waals surface area contributed by atoms with Crippen molar-refractivity contribution < 1.29 is 0 Å². The van der Waals surface area contributed by atoms with Crippen LogP contribution in [0.2, 0.25) is 0 Å². The molecule has 0 N–H and O–H groups in total. The Bertz CT molecular complexity index is 707. The lowest BCUT2D eigenvalue weighted by Gasteiger charge is -2.37. The van der Waals surface area contributed by atoms with E-state index in [1.54, 1.807) is 0 Å². The molecule has 2 fully saturated rings. The smallest absolute Gasteiger partial charge is 0.0897 e. The van der Waals surface area contributed by atoms with Gasteiger partial charge in [0.05, 0.1) is 35.5 Å². The van der Waals surface area contributed by atoms with Gasteiger partial charge in [-0.1, -0.05) is 42.5 Å². The van der Waals surface area contributed by atoms with Gasteiger partial charge in [-0.05, 0) is 29.2 Å². The van der Waals surface area contributed by atoms with E-state index in [-0.39, 0.29) is 35.5 Å². The summed E-state index contributed by atoms with van der Waals surface area (Å²) >= 11 is 0. The predicted molar refractivity (Wildman–Crippen MR) is 75.0 cm³/mol. The van der Waals surface area contributed by atoms with Gasteiger partial charge >= 0.3 is 0 Å². The van der Waals surface area contributed by atoms with E-state index in [4.69, 9.17) is 0 Å². The van der Waals surface area contributed by atoms with Crippen molar-refractivity contribution >= 4 is 0 Å². The van der Waals surface area contributed by atoms with Crippen LogP contribution in [0.15, 0.2) is 42.5 Å². The molecule has 2 bridgehead atoms. The van der Waals surface area contributed by atoms with Crippen LogP contribution >= 0.6 is 0 Å². The van der Waals surface area contributed by atoms with E-state index in [1.165, 1.54) is 0 Å². The van der Waals surface area contributed by atoms with Gasteiger partial charge in [0.15, 0.2) is 0 Å². The highest BCUT2D eigenvalue weighted by atomic mass is 14.8. The number of fused-ring (bicyclic) bond motifs is 1. The fraction of sp³-hybridized carbons (Fsp3) is 0.389. The summed E-state index contributed by atoms with van der Waals surface area (Å²) in [6, 6.07) is 17.1. The van der Waals surface area contributed by atoms with Crippen LogP contribution in [0, 0.1) is 69.5 Å². The lowest BCUT2D eigenvalue weighted by molar-refractivity contribution is 0.195. The average Bonchev–Trinajstić information content (AvgIpc) is 3.27. The van der Waals surface area contributed by atoms with Crippen LogP contribution in [0.4, 0.5) is 0 Å².